The van der Waals surface area contributed by atoms with Crippen LogP contribution in [-0.2, 0) is 5.41 Å². The van der Waals surface area contributed by atoms with Crippen molar-refractivity contribution in [3.05, 3.63) is 175 Å². The van der Waals surface area contributed by atoms with Gasteiger partial charge in [-0.05, 0) is 74.5 Å². The van der Waals surface area contributed by atoms with Gasteiger partial charge in [0.1, 0.15) is 0 Å². The van der Waals surface area contributed by atoms with Gasteiger partial charge in [0, 0.05) is 33.9 Å². The molecular weight excluding hydrogens is 595 g/mol. The molecule has 0 unspecified atom stereocenters. The van der Waals surface area contributed by atoms with E-state index < -0.39 is 0 Å². The van der Waals surface area contributed by atoms with Crippen molar-refractivity contribution in [3.63, 3.8) is 0 Å². The number of benzene rings is 6. The van der Waals surface area contributed by atoms with E-state index in [2.05, 4.69) is 129 Å². The molecule has 0 amide bonds. The van der Waals surface area contributed by atoms with Crippen LogP contribution in [0.2, 0.25) is 0 Å². The number of aromatic nitrogens is 3. The molecule has 8 aromatic rings. The molecule has 0 saturated heterocycles. The van der Waals surface area contributed by atoms with Gasteiger partial charge in [0.25, 0.3) is 0 Å². The summed E-state index contributed by atoms with van der Waals surface area (Å²) in [5.41, 5.74) is 14.4. The third kappa shape index (κ3) is 5.03. The normalized spacial score (nSPS) is 12.9. The molecule has 1 aliphatic carbocycles. The van der Waals surface area contributed by atoms with E-state index >= 15 is 0 Å². The lowest BCUT2D eigenvalue weighted by atomic mass is 9.79. The van der Waals surface area contributed by atoms with E-state index in [-0.39, 0.29) is 5.41 Å². The molecule has 0 saturated carbocycles. The third-order valence-corrected chi connectivity index (χ3v) is 9.92. The van der Waals surface area contributed by atoms with Gasteiger partial charge in [-0.25, -0.2) is 9.97 Å². The van der Waals surface area contributed by atoms with E-state index in [1.165, 1.54) is 38.6 Å². The highest BCUT2D eigenvalue weighted by molar-refractivity contribution is 5.98. The fourth-order valence-corrected chi connectivity index (χ4v) is 7.42. The first-order chi connectivity index (χ1) is 24.0. The van der Waals surface area contributed by atoms with Crippen LogP contribution in [0.4, 0.5) is 0 Å². The molecule has 49 heavy (non-hydrogen) atoms. The molecule has 2 aromatic heterocycles. The Morgan fingerprint density at radius 2 is 1.04 bits per heavy atom. The minimum Gasteiger partial charge on any atom is -0.255 e. The summed E-state index contributed by atoms with van der Waals surface area (Å²) in [5, 5.41) is 2.63. The zero-order chi connectivity index (χ0) is 33.0. The van der Waals surface area contributed by atoms with E-state index in [0.29, 0.717) is 5.82 Å². The maximum atomic E-state index is 5.12. The number of rotatable bonds is 5. The molecule has 6 aromatic carbocycles. The van der Waals surface area contributed by atoms with Crippen LogP contribution in [0, 0.1) is 0 Å². The highest BCUT2D eigenvalue weighted by Gasteiger charge is 2.37. The summed E-state index contributed by atoms with van der Waals surface area (Å²) in [6.07, 6.45) is 1.88. The van der Waals surface area contributed by atoms with Gasteiger partial charge in [0.05, 0.1) is 17.1 Å². The highest BCUT2D eigenvalue weighted by Crippen LogP contribution is 2.52. The lowest BCUT2D eigenvalue weighted by Gasteiger charge is -2.23. The molecule has 0 fully saturated rings. The van der Waals surface area contributed by atoms with Crippen LogP contribution in [0.5, 0.6) is 0 Å². The molecule has 0 aliphatic heterocycles. The molecule has 232 valence electrons. The Bertz CT molecular complexity index is 2500. The molecule has 0 N–H and O–H groups in total. The first-order valence-corrected chi connectivity index (χ1v) is 16.8. The van der Waals surface area contributed by atoms with Crippen molar-refractivity contribution in [3.8, 4) is 67.4 Å². The van der Waals surface area contributed by atoms with Gasteiger partial charge >= 0.3 is 0 Å². The number of fused-ring (bicyclic) bond motifs is 5. The second kappa shape index (κ2) is 11.5. The van der Waals surface area contributed by atoms with Crippen LogP contribution in [-0.4, -0.2) is 15.0 Å². The minimum atomic E-state index is -0.116. The molecule has 0 atom stereocenters. The lowest BCUT2D eigenvalue weighted by Crippen LogP contribution is -2.15. The van der Waals surface area contributed by atoms with Crippen LogP contribution in [0.25, 0.3) is 78.2 Å². The minimum absolute atomic E-state index is 0.116. The van der Waals surface area contributed by atoms with Crippen LogP contribution in [0.15, 0.2) is 164 Å². The van der Waals surface area contributed by atoms with Gasteiger partial charge in [0.15, 0.2) is 5.82 Å². The maximum Gasteiger partial charge on any atom is 0.161 e. The third-order valence-electron chi connectivity index (χ3n) is 9.92. The summed E-state index contributed by atoms with van der Waals surface area (Å²) in [7, 11) is 0. The molecule has 0 bridgehead atoms. The van der Waals surface area contributed by atoms with Crippen molar-refractivity contribution in [2.24, 2.45) is 0 Å². The number of hydrogen-bond acceptors (Lipinski definition) is 3. The van der Waals surface area contributed by atoms with Crippen LogP contribution < -0.4 is 0 Å². The van der Waals surface area contributed by atoms with Crippen molar-refractivity contribution >= 4 is 10.8 Å². The second-order valence-electron chi connectivity index (χ2n) is 13.3. The van der Waals surface area contributed by atoms with Crippen molar-refractivity contribution in [2.75, 3.05) is 0 Å². The molecule has 2 heterocycles. The van der Waals surface area contributed by atoms with Crippen molar-refractivity contribution in [2.45, 2.75) is 19.3 Å². The Hall–Kier alpha value is -6.19. The molecule has 3 heteroatoms. The predicted octanol–water partition coefficient (Wildman–Crippen LogP) is 11.7. The zero-order valence-corrected chi connectivity index (χ0v) is 27.4. The van der Waals surface area contributed by atoms with E-state index in [1.807, 2.05) is 48.7 Å². The summed E-state index contributed by atoms with van der Waals surface area (Å²) < 4.78 is 0. The topological polar surface area (TPSA) is 38.7 Å². The number of nitrogens with zero attached hydrogens (tertiary/aromatic N) is 3. The van der Waals surface area contributed by atoms with Gasteiger partial charge in [-0.15, -0.1) is 0 Å². The summed E-state index contributed by atoms with van der Waals surface area (Å²) in [6, 6.07) is 55.7. The van der Waals surface area contributed by atoms with E-state index in [1.54, 1.807) is 0 Å². The van der Waals surface area contributed by atoms with E-state index in [0.717, 1.165) is 44.9 Å². The maximum absolute atomic E-state index is 5.12. The van der Waals surface area contributed by atoms with Crippen molar-refractivity contribution in [1.82, 2.24) is 15.0 Å². The Morgan fingerprint density at radius 3 is 1.80 bits per heavy atom. The molecule has 0 spiro atoms. The molecule has 3 nitrogen and oxygen atoms in total. The monoisotopic (exact) mass is 627 g/mol. The number of pyridine rings is 1. The first-order valence-electron chi connectivity index (χ1n) is 16.8. The highest BCUT2D eigenvalue weighted by atomic mass is 14.9. The average molecular weight is 628 g/mol. The fourth-order valence-electron chi connectivity index (χ4n) is 7.42. The lowest BCUT2D eigenvalue weighted by molar-refractivity contribution is 0.666. The average Bonchev–Trinajstić information content (AvgIpc) is 3.41. The van der Waals surface area contributed by atoms with Crippen LogP contribution in [0.1, 0.15) is 25.0 Å². The Labute approximate surface area is 286 Å². The molecule has 9 rings (SSSR count). The SMILES string of the molecule is CC1(C)c2cc(-c3cccc(-c4cc(-c5ccccc5)nc(-c5ccc(-c6ccccc6)nc5)n4)c3)ccc2-c2ccc3ccccc3c21. The second-order valence-corrected chi connectivity index (χ2v) is 13.3. The largest absolute Gasteiger partial charge is 0.255 e. The molecular formula is C46H33N3. The van der Waals surface area contributed by atoms with E-state index in [4.69, 9.17) is 15.0 Å². The standard InChI is InChI=1S/C46H33N3/c1-46(2)40-27-34(21-23-38(40)39-24-20-30-12-9-10-19-37(30)44(39)46)33-17-11-18-35(26-33)43-28-42(32-15-7-4-8-16-32)48-45(49-43)36-22-25-41(47-29-36)31-13-5-3-6-14-31/h3-29H,1-2H3. The summed E-state index contributed by atoms with van der Waals surface area (Å²) >= 11 is 0. The quantitative estimate of drug-likeness (QED) is 0.191. The van der Waals surface area contributed by atoms with Gasteiger partial charge in [0.2, 0.25) is 0 Å². The smallest absolute Gasteiger partial charge is 0.161 e. The van der Waals surface area contributed by atoms with Gasteiger partial charge < -0.3 is 0 Å². The Balaban J connectivity index is 1.12. The van der Waals surface area contributed by atoms with Crippen molar-refractivity contribution in [1.29, 1.82) is 0 Å². The molecule has 0 radical (unpaired) electrons. The van der Waals surface area contributed by atoms with Crippen molar-refractivity contribution < 1.29 is 0 Å². The van der Waals surface area contributed by atoms with Gasteiger partial charge in [-0.1, -0.05) is 141 Å². The predicted molar refractivity (Wildman–Crippen MR) is 202 cm³/mol. The van der Waals surface area contributed by atoms with E-state index in [9.17, 15) is 0 Å². The summed E-state index contributed by atoms with van der Waals surface area (Å²) in [4.78, 5) is 14.9. The molecule has 1 aliphatic rings. The number of hydrogen-bond donors (Lipinski definition) is 0. The Kier molecular flexibility index (Phi) is 6.80. The summed E-state index contributed by atoms with van der Waals surface area (Å²) in [6.45, 7) is 4.72. The van der Waals surface area contributed by atoms with Crippen LogP contribution >= 0.6 is 0 Å². The zero-order valence-electron chi connectivity index (χ0n) is 27.4. The van der Waals surface area contributed by atoms with Gasteiger partial charge in [-0.3, -0.25) is 4.98 Å². The summed E-state index contributed by atoms with van der Waals surface area (Å²) in [5.74, 6) is 0.651. The first kappa shape index (κ1) is 29.0. The van der Waals surface area contributed by atoms with Gasteiger partial charge in [-0.2, -0.15) is 0 Å². The fraction of sp³-hybridized carbons (Fsp3) is 0.0652. The Morgan fingerprint density at radius 1 is 0.429 bits per heavy atom. The van der Waals surface area contributed by atoms with Crippen LogP contribution in [0.3, 0.4) is 0 Å².